The molecule has 149 valence electrons. The van der Waals surface area contributed by atoms with Crippen LogP contribution < -0.4 is 0 Å². The van der Waals surface area contributed by atoms with Crippen LogP contribution in [0.1, 0.15) is 11.1 Å². The van der Waals surface area contributed by atoms with Crippen molar-refractivity contribution in [3.05, 3.63) is 71.8 Å². The summed E-state index contributed by atoms with van der Waals surface area (Å²) in [6, 6.07) is 20.5. The van der Waals surface area contributed by atoms with Crippen molar-refractivity contribution in [2.24, 2.45) is 0 Å². The Morgan fingerprint density at radius 3 is 1.63 bits per heavy atom. The Kier molecular flexibility index (Phi) is 19.5. The minimum Gasteiger partial charge on any atom is -0.372 e. The summed E-state index contributed by atoms with van der Waals surface area (Å²) in [5.74, 6) is 0. The third kappa shape index (κ3) is 15.4. The van der Waals surface area contributed by atoms with Gasteiger partial charge in [0, 0.05) is 39.9 Å². The first-order valence-electron chi connectivity index (χ1n) is 8.28. The van der Waals surface area contributed by atoms with Crippen molar-refractivity contribution in [2.45, 2.75) is 24.1 Å². The van der Waals surface area contributed by atoms with Crippen LogP contribution in [0.2, 0.25) is 0 Å². The fourth-order valence-corrected chi connectivity index (χ4v) is 3.84. The van der Waals surface area contributed by atoms with Crippen LogP contribution in [0, 0.1) is 0 Å². The molecular weight excluding hydrogens is 643 g/mol. The summed E-state index contributed by atoms with van der Waals surface area (Å²) >= 11 is 13.4. The normalized spacial score (nSPS) is 14.2. The molecular formula is C20H24Br4O2V. The largest absolute Gasteiger partial charge is 0.372 e. The number of hydrogen-bond acceptors (Lipinski definition) is 2. The van der Waals surface area contributed by atoms with E-state index in [1.54, 1.807) is 0 Å². The SMILES string of the molecule is BrCC(CBr)OCc1ccccc1.BrCC1CO1.BrCc1ccccc1.[V]. The van der Waals surface area contributed by atoms with E-state index in [0.717, 1.165) is 27.9 Å². The van der Waals surface area contributed by atoms with Crippen LogP contribution in [0.5, 0.6) is 0 Å². The van der Waals surface area contributed by atoms with Crippen LogP contribution in [0.15, 0.2) is 60.7 Å². The Morgan fingerprint density at radius 2 is 1.33 bits per heavy atom. The molecule has 0 amide bonds. The molecule has 7 heteroatoms. The quantitative estimate of drug-likeness (QED) is 0.242. The van der Waals surface area contributed by atoms with Crippen LogP contribution in [0.4, 0.5) is 0 Å². The van der Waals surface area contributed by atoms with Gasteiger partial charge >= 0.3 is 0 Å². The minimum absolute atomic E-state index is 0. The maximum atomic E-state index is 5.63. The van der Waals surface area contributed by atoms with Crippen molar-refractivity contribution in [1.29, 1.82) is 0 Å². The van der Waals surface area contributed by atoms with Gasteiger partial charge in [-0.1, -0.05) is 124 Å². The summed E-state index contributed by atoms with van der Waals surface area (Å²) in [7, 11) is 0. The number of halogens is 4. The monoisotopic (exact) mass is 663 g/mol. The van der Waals surface area contributed by atoms with E-state index in [-0.39, 0.29) is 24.7 Å². The van der Waals surface area contributed by atoms with Gasteiger partial charge in [0.1, 0.15) is 0 Å². The van der Waals surface area contributed by atoms with E-state index in [0.29, 0.717) is 12.7 Å². The number of rotatable bonds is 7. The number of hydrogen-bond donors (Lipinski definition) is 0. The molecule has 0 N–H and O–H groups in total. The Bertz CT molecular complexity index is 552. The summed E-state index contributed by atoms with van der Waals surface area (Å²) in [6.07, 6.45) is 0.801. The van der Waals surface area contributed by atoms with Crippen LogP contribution in [-0.4, -0.2) is 34.8 Å². The van der Waals surface area contributed by atoms with Crippen molar-refractivity contribution < 1.29 is 28.0 Å². The van der Waals surface area contributed by atoms with E-state index < -0.39 is 0 Å². The summed E-state index contributed by atoms with van der Waals surface area (Å²) < 4.78 is 10.4. The molecule has 27 heavy (non-hydrogen) atoms. The summed E-state index contributed by atoms with van der Waals surface area (Å²) in [5, 5.41) is 3.69. The predicted molar refractivity (Wildman–Crippen MR) is 125 cm³/mol. The molecule has 1 unspecified atom stereocenters. The van der Waals surface area contributed by atoms with E-state index in [2.05, 4.69) is 88.0 Å². The second kappa shape index (κ2) is 18.9. The van der Waals surface area contributed by atoms with Gasteiger partial charge in [0.25, 0.3) is 0 Å². The molecule has 0 spiro atoms. The Labute approximate surface area is 208 Å². The predicted octanol–water partition coefficient (Wildman–Crippen LogP) is 6.72. The fraction of sp³-hybridized carbons (Fsp3) is 0.400. The first kappa shape index (κ1) is 27.9. The minimum atomic E-state index is 0. The molecule has 0 aromatic heterocycles. The molecule has 3 rings (SSSR count). The van der Waals surface area contributed by atoms with Gasteiger partial charge in [-0.25, -0.2) is 0 Å². The smallest absolute Gasteiger partial charge is 0.0906 e. The van der Waals surface area contributed by atoms with Crippen molar-refractivity contribution in [3.8, 4) is 0 Å². The zero-order valence-corrected chi connectivity index (χ0v) is 22.7. The summed E-state index contributed by atoms with van der Waals surface area (Å²) in [5.41, 5.74) is 2.54. The van der Waals surface area contributed by atoms with Crippen molar-refractivity contribution >= 4 is 63.7 Å². The van der Waals surface area contributed by atoms with E-state index >= 15 is 0 Å². The van der Waals surface area contributed by atoms with Crippen molar-refractivity contribution in [2.75, 3.05) is 22.6 Å². The zero-order valence-electron chi connectivity index (χ0n) is 14.9. The molecule has 1 aliphatic rings. The maximum absolute atomic E-state index is 5.63. The third-order valence-electron chi connectivity index (χ3n) is 3.24. The Morgan fingerprint density at radius 1 is 0.852 bits per heavy atom. The summed E-state index contributed by atoms with van der Waals surface area (Å²) in [4.78, 5) is 0. The number of ether oxygens (including phenoxy) is 2. The number of benzene rings is 2. The standard InChI is InChI=1S/C10H12Br2O.C7H7Br.C3H5BrO.V/c11-6-10(7-12)13-8-9-4-2-1-3-5-9;8-6-7-4-2-1-3-5-7;4-1-3-2-5-3;/h1-5,10H,6-8H2;1-5H,6H2;3H,1-2H2;. The van der Waals surface area contributed by atoms with Gasteiger partial charge in [-0.15, -0.1) is 0 Å². The average molecular weight is 667 g/mol. The van der Waals surface area contributed by atoms with Gasteiger partial charge in [-0.05, 0) is 11.1 Å². The van der Waals surface area contributed by atoms with Gasteiger partial charge in [0.15, 0.2) is 0 Å². The van der Waals surface area contributed by atoms with Gasteiger partial charge in [-0.2, -0.15) is 0 Å². The molecule has 1 saturated heterocycles. The third-order valence-corrected chi connectivity index (χ3v) is 6.06. The average Bonchev–Trinajstić information content (AvgIpc) is 3.56. The molecule has 1 radical (unpaired) electrons. The second-order valence-corrected chi connectivity index (χ2v) is 7.96. The van der Waals surface area contributed by atoms with Gasteiger partial charge in [-0.3, -0.25) is 0 Å². The molecule has 2 nitrogen and oxygen atoms in total. The van der Waals surface area contributed by atoms with E-state index in [4.69, 9.17) is 9.47 Å². The van der Waals surface area contributed by atoms with Crippen LogP contribution >= 0.6 is 63.7 Å². The van der Waals surface area contributed by atoms with E-state index in [1.165, 1.54) is 11.1 Å². The van der Waals surface area contributed by atoms with Gasteiger partial charge in [0.05, 0.1) is 25.4 Å². The molecule has 1 atom stereocenters. The Hall–Kier alpha value is 0.864. The number of epoxide rings is 1. The topological polar surface area (TPSA) is 21.8 Å². The summed E-state index contributed by atoms with van der Waals surface area (Å²) in [6.45, 7) is 1.65. The van der Waals surface area contributed by atoms with Crippen LogP contribution in [0.3, 0.4) is 0 Å². The van der Waals surface area contributed by atoms with E-state index in [9.17, 15) is 0 Å². The molecule has 2 aromatic rings. The second-order valence-electron chi connectivity index (χ2n) is 5.46. The van der Waals surface area contributed by atoms with E-state index in [1.807, 2.05) is 36.4 Å². The molecule has 1 heterocycles. The van der Waals surface area contributed by atoms with Crippen molar-refractivity contribution in [3.63, 3.8) is 0 Å². The van der Waals surface area contributed by atoms with Gasteiger partial charge < -0.3 is 9.47 Å². The first-order valence-corrected chi connectivity index (χ1v) is 12.8. The van der Waals surface area contributed by atoms with Crippen LogP contribution in [-0.2, 0) is 40.0 Å². The molecule has 1 fully saturated rings. The molecule has 0 bridgehead atoms. The molecule has 0 aliphatic carbocycles. The molecule has 2 aromatic carbocycles. The maximum Gasteiger partial charge on any atom is 0.0906 e. The molecule has 0 saturated carbocycles. The van der Waals surface area contributed by atoms with Crippen LogP contribution in [0.25, 0.3) is 0 Å². The molecule has 1 aliphatic heterocycles. The number of alkyl halides is 4. The van der Waals surface area contributed by atoms with Gasteiger partial charge in [0.2, 0.25) is 0 Å². The van der Waals surface area contributed by atoms with Crippen molar-refractivity contribution in [1.82, 2.24) is 0 Å². The zero-order chi connectivity index (χ0) is 19.0. The fourth-order valence-electron chi connectivity index (χ4n) is 1.64. The first-order chi connectivity index (χ1) is 12.7. The Balaban J connectivity index is 0.000000410.